The zero-order valence-electron chi connectivity index (χ0n) is 14.2. The van der Waals surface area contributed by atoms with Crippen molar-refractivity contribution in [3.05, 3.63) is 92.9 Å². The van der Waals surface area contributed by atoms with Gasteiger partial charge in [-0.05, 0) is 52.9 Å². The summed E-state index contributed by atoms with van der Waals surface area (Å²) in [5.74, 6) is -0.440. The summed E-state index contributed by atoms with van der Waals surface area (Å²) in [5, 5.41) is 0.941. The van der Waals surface area contributed by atoms with E-state index in [1.54, 1.807) is 36.4 Å². The third-order valence-corrected chi connectivity index (χ3v) is 7.30. The van der Waals surface area contributed by atoms with Crippen molar-refractivity contribution in [2.24, 2.45) is 0 Å². The van der Waals surface area contributed by atoms with Gasteiger partial charge in [0.2, 0.25) is 5.78 Å². The van der Waals surface area contributed by atoms with Gasteiger partial charge in [-0.25, -0.2) is 17.4 Å². The van der Waals surface area contributed by atoms with Crippen molar-refractivity contribution in [1.29, 1.82) is 0 Å². The molecule has 0 amide bonds. The van der Waals surface area contributed by atoms with E-state index in [0.717, 1.165) is 3.97 Å². The molecule has 28 heavy (non-hydrogen) atoms. The lowest BCUT2D eigenvalue weighted by Gasteiger charge is -2.12. The van der Waals surface area contributed by atoms with Crippen LogP contribution in [0.15, 0.2) is 77.8 Å². The van der Waals surface area contributed by atoms with Crippen LogP contribution in [-0.4, -0.2) is 23.2 Å². The molecule has 0 aliphatic rings. The fraction of sp³-hybridized carbons (Fsp3) is 0. The monoisotopic (exact) mass is 522 g/mol. The van der Waals surface area contributed by atoms with E-state index >= 15 is 0 Å². The average molecular weight is 523 g/mol. The number of benzene rings is 2. The van der Waals surface area contributed by atoms with Gasteiger partial charge in [0.25, 0.3) is 10.0 Å². The van der Waals surface area contributed by atoms with E-state index in [2.05, 4.69) is 4.98 Å². The van der Waals surface area contributed by atoms with Crippen LogP contribution in [0.25, 0.3) is 10.9 Å². The molecule has 0 aliphatic heterocycles. The highest BCUT2D eigenvalue weighted by molar-refractivity contribution is 14.1. The highest BCUT2D eigenvalue weighted by atomic mass is 127. The van der Waals surface area contributed by atoms with Gasteiger partial charge in [-0.3, -0.25) is 4.79 Å². The molecule has 0 bridgehead atoms. The summed E-state index contributed by atoms with van der Waals surface area (Å²) in [7, 11) is -3.99. The van der Waals surface area contributed by atoms with Crippen molar-refractivity contribution in [1.82, 2.24) is 8.96 Å². The smallest absolute Gasteiger partial charge is 0.268 e. The van der Waals surface area contributed by atoms with Crippen molar-refractivity contribution in [3.8, 4) is 0 Å². The standard InChI is InChI=1S/C20H12ClIN2O3S/c21-17-11-10-13(12-23-17)20(25)19-18(22)15-8-4-5-9-16(15)24(19)28(26,27)14-6-2-1-3-7-14/h1-12H. The highest BCUT2D eigenvalue weighted by Gasteiger charge is 2.30. The Morgan fingerprint density at radius 1 is 0.964 bits per heavy atom. The lowest BCUT2D eigenvalue weighted by atomic mass is 10.1. The lowest BCUT2D eigenvalue weighted by molar-refractivity contribution is 0.103. The van der Waals surface area contributed by atoms with E-state index in [4.69, 9.17) is 11.6 Å². The lowest BCUT2D eigenvalue weighted by Crippen LogP contribution is -2.19. The minimum absolute atomic E-state index is 0.0785. The van der Waals surface area contributed by atoms with Crippen molar-refractivity contribution in [3.63, 3.8) is 0 Å². The Hall–Kier alpha value is -2.23. The number of nitrogens with zero attached hydrogens (tertiary/aromatic N) is 2. The van der Waals surface area contributed by atoms with Crippen molar-refractivity contribution in [2.45, 2.75) is 4.90 Å². The Kier molecular flexibility index (Phi) is 4.98. The second-order valence-electron chi connectivity index (χ2n) is 5.96. The summed E-state index contributed by atoms with van der Waals surface area (Å²) in [4.78, 5) is 17.3. The summed E-state index contributed by atoms with van der Waals surface area (Å²) in [5.41, 5.74) is 0.783. The van der Waals surface area contributed by atoms with Crippen LogP contribution in [-0.2, 0) is 10.0 Å². The second-order valence-corrected chi connectivity index (χ2v) is 9.21. The zero-order chi connectivity index (χ0) is 19.9. The van der Waals surface area contributed by atoms with Crippen LogP contribution in [0.3, 0.4) is 0 Å². The van der Waals surface area contributed by atoms with Crippen LogP contribution >= 0.6 is 34.2 Å². The van der Waals surface area contributed by atoms with Gasteiger partial charge in [-0.2, -0.15) is 0 Å². The molecule has 0 radical (unpaired) electrons. The number of para-hydroxylation sites is 1. The summed E-state index contributed by atoms with van der Waals surface area (Å²) < 4.78 is 28.6. The number of carbonyl (C=O) groups is 1. The molecule has 0 spiro atoms. The molecule has 0 unspecified atom stereocenters. The van der Waals surface area contributed by atoms with Gasteiger partial charge in [0.1, 0.15) is 10.8 Å². The van der Waals surface area contributed by atoms with Gasteiger partial charge in [0.15, 0.2) is 0 Å². The molecule has 0 saturated carbocycles. The van der Waals surface area contributed by atoms with Crippen LogP contribution in [0.1, 0.15) is 16.1 Å². The summed E-state index contributed by atoms with van der Waals surface area (Å²) in [6.45, 7) is 0. The quantitative estimate of drug-likeness (QED) is 0.220. The van der Waals surface area contributed by atoms with E-state index in [-0.39, 0.29) is 21.3 Å². The summed E-state index contributed by atoms with van der Waals surface area (Å²) in [6.07, 6.45) is 1.35. The van der Waals surface area contributed by atoms with Crippen LogP contribution in [0.5, 0.6) is 0 Å². The maximum Gasteiger partial charge on any atom is 0.268 e. The van der Waals surface area contributed by atoms with E-state index in [9.17, 15) is 13.2 Å². The molecule has 2 aromatic heterocycles. The number of carbonyl (C=O) groups excluding carboxylic acids is 1. The first-order valence-electron chi connectivity index (χ1n) is 8.17. The van der Waals surface area contributed by atoms with Gasteiger partial charge in [0, 0.05) is 17.1 Å². The van der Waals surface area contributed by atoms with Gasteiger partial charge < -0.3 is 0 Å². The normalized spacial score (nSPS) is 11.6. The minimum Gasteiger partial charge on any atom is -0.287 e. The average Bonchev–Trinajstić information content (AvgIpc) is 3.02. The SMILES string of the molecule is O=C(c1ccc(Cl)nc1)c1c(I)c2ccccc2n1S(=O)(=O)c1ccccc1. The second kappa shape index (κ2) is 7.31. The Morgan fingerprint density at radius 2 is 1.64 bits per heavy atom. The van der Waals surface area contributed by atoms with Gasteiger partial charge in [0.05, 0.1) is 14.0 Å². The largest absolute Gasteiger partial charge is 0.287 e. The van der Waals surface area contributed by atoms with Gasteiger partial charge in [-0.15, -0.1) is 0 Å². The summed E-state index contributed by atoms with van der Waals surface area (Å²) >= 11 is 7.83. The first-order chi connectivity index (χ1) is 13.4. The molecule has 4 rings (SSSR count). The van der Waals surface area contributed by atoms with Gasteiger partial charge >= 0.3 is 0 Å². The first kappa shape index (κ1) is 19.1. The molecule has 0 saturated heterocycles. The highest BCUT2D eigenvalue weighted by Crippen LogP contribution is 2.32. The maximum absolute atomic E-state index is 13.4. The number of hydrogen-bond acceptors (Lipinski definition) is 4. The molecule has 0 fully saturated rings. The molecule has 2 aromatic carbocycles. The maximum atomic E-state index is 13.4. The molecule has 0 atom stereocenters. The van der Waals surface area contributed by atoms with E-state index in [1.165, 1.54) is 30.5 Å². The summed E-state index contributed by atoms with van der Waals surface area (Å²) in [6, 6.07) is 18.1. The predicted octanol–water partition coefficient (Wildman–Crippen LogP) is 4.76. The molecular formula is C20H12ClIN2O3S. The molecule has 5 nitrogen and oxygen atoms in total. The fourth-order valence-electron chi connectivity index (χ4n) is 2.96. The Labute approximate surface area is 180 Å². The number of ketones is 1. The van der Waals surface area contributed by atoms with Crippen LogP contribution in [0.2, 0.25) is 5.15 Å². The molecular weight excluding hydrogens is 511 g/mol. The number of halogens is 2. The topological polar surface area (TPSA) is 69.0 Å². The number of pyridine rings is 1. The van der Waals surface area contributed by atoms with Gasteiger partial charge in [-0.1, -0.05) is 48.0 Å². The van der Waals surface area contributed by atoms with E-state index in [1.807, 2.05) is 28.7 Å². The number of rotatable bonds is 4. The molecule has 0 aliphatic carbocycles. The zero-order valence-corrected chi connectivity index (χ0v) is 17.9. The molecule has 0 N–H and O–H groups in total. The van der Waals surface area contributed by atoms with Crippen LogP contribution in [0.4, 0.5) is 0 Å². The van der Waals surface area contributed by atoms with E-state index < -0.39 is 15.8 Å². The van der Waals surface area contributed by atoms with Crippen molar-refractivity contribution < 1.29 is 13.2 Å². The van der Waals surface area contributed by atoms with Crippen molar-refractivity contribution in [2.75, 3.05) is 0 Å². The molecule has 4 aromatic rings. The third-order valence-electron chi connectivity index (χ3n) is 4.26. The van der Waals surface area contributed by atoms with E-state index in [0.29, 0.717) is 14.5 Å². The molecule has 8 heteroatoms. The fourth-order valence-corrected chi connectivity index (χ4v) is 5.72. The Bertz CT molecular complexity index is 1300. The number of aromatic nitrogens is 2. The molecule has 2 heterocycles. The minimum atomic E-state index is -3.99. The number of hydrogen-bond donors (Lipinski definition) is 0. The number of fused-ring (bicyclic) bond motifs is 1. The van der Waals surface area contributed by atoms with Crippen LogP contribution < -0.4 is 0 Å². The Morgan fingerprint density at radius 3 is 2.32 bits per heavy atom. The first-order valence-corrected chi connectivity index (χ1v) is 11.1. The van der Waals surface area contributed by atoms with Crippen LogP contribution in [0, 0.1) is 3.57 Å². The molecule has 140 valence electrons. The third kappa shape index (κ3) is 3.13. The predicted molar refractivity (Wildman–Crippen MR) is 116 cm³/mol. The Balaban J connectivity index is 2.04. The van der Waals surface area contributed by atoms with Crippen molar-refractivity contribution >= 4 is 60.9 Å².